The van der Waals surface area contributed by atoms with Crippen LogP contribution >= 0.6 is 11.3 Å². The molecule has 116 valence electrons. The van der Waals surface area contributed by atoms with Gasteiger partial charge in [0.05, 0.1) is 0 Å². The van der Waals surface area contributed by atoms with Gasteiger partial charge in [0.1, 0.15) is 5.60 Å². The Morgan fingerprint density at radius 2 is 2.05 bits per heavy atom. The summed E-state index contributed by atoms with van der Waals surface area (Å²) in [7, 11) is 1.88. The number of amides is 1. The first-order chi connectivity index (χ1) is 9.85. The van der Waals surface area contributed by atoms with E-state index < -0.39 is 5.60 Å². The number of carbonyl (C=O) groups is 1. The van der Waals surface area contributed by atoms with E-state index in [-0.39, 0.29) is 12.1 Å². The molecule has 1 unspecified atom stereocenters. The summed E-state index contributed by atoms with van der Waals surface area (Å²) in [5.41, 5.74) is 2.68. The number of thiophene rings is 1. The highest BCUT2D eigenvalue weighted by atomic mass is 32.1. The number of hydrogen-bond donors (Lipinski definition) is 0. The maximum absolute atomic E-state index is 12.2. The van der Waals surface area contributed by atoms with E-state index in [1.807, 2.05) is 44.1 Å². The van der Waals surface area contributed by atoms with Crippen LogP contribution in [0.15, 0.2) is 5.38 Å². The van der Waals surface area contributed by atoms with Crippen molar-refractivity contribution in [2.45, 2.75) is 70.4 Å². The monoisotopic (exact) mass is 307 g/mol. The molecular formula is C17H25NO2S. The van der Waals surface area contributed by atoms with Gasteiger partial charge in [0.25, 0.3) is 0 Å². The number of ether oxygens (including phenoxy) is 1. The SMILES string of the molecule is CN(C(=O)OC(C)(C)C)C1CCc2scc(C3CC3)c2C1. The van der Waals surface area contributed by atoms with Crippen molar-refractivity contribution in [3.8, 4) is 0 Å². The van der Waals surface area contributed by atoms with Crippen molar-refractivity contribution < 1.29 is 9.53 Å². The van der Waals surface area contributed by atoms with Crippen LogP contribution in [0.5, 0.6) is 0 Å². The van der Waals surface area contributed by atoms with Gasteiger partial charge in [-0.1, -0.05) is 0 Å². The number of likely N-dealkylation sites (N-methyl/N-ethyl adjacent to an activating group) is 1. The van der Waals surface area contributed by atoms with Crippen molar-refractivity contribution >= 4 is 17.4 Å². The Kier molecular flexibility index (Phi) is 3.76. The third kappa shape index (κ3) is 3.25. The van der Waals surface area contributed by atoms with Crippen molar-refractivity contribution in [2.75, 3.05) is 7.05 Å². The van der Waals surface area contributed by atoms with E-state index in [1.54, 1.807) is 10.4 Å². The second-order valence-corrected chi connectivity index (χ2v) is 8.32. The van der Waals surface area contributed by atoms with Gasteiger partial charge in [0.15, 0.2) is 0 Å². The Labute approximate surface area is 131 Å². The second kappa shape index (κ2) is 5.31. The summed E-state index contributed by atoms with van der Waals surface area (Å²) in [6.07, 6.45) is 5.64. The molecule has 1 aromatic rings. The van der Waals surface area contributed by atoms with Crippen LogP contribution in [0.2, 0.25) is 0 Å². The number of carbonyl (C=O) groups excluding carboxylic acids is 1. The molecule has 1 aromatic heterocycles. The molecule has 0 radical (unpaired) electrons. The molecule has 0 saturated heterocycles. The summed E-state index contributed by atoms with van der Waals surface area (Å²) < 4.78 is 5.50. The lowest BCUT2D eigenvalue weighted by Gasteiger charge is -2.33. The molecule has 4 heteroatoms. The average molecular weight is 307 g/mol. The van der Waals surface area contributed by atoms with E-state index in [9.17, 15) is 4.79 Å². The Balaban J connectivity index is 1.70. The predicted octanol–water partition coefficient (Wildman–Crippen LogP) is 4.35. The van der Waals surface area contributed by atoms with E-state index in [2.05, 4.69) is 5.38 Å². The molecule has 2 aliphatic rings. The highest BCUT2D eigenvalue weighted by Crippen LogP contribution is 2.46. The molecule has 1 heterocycles. The lowest BCUT2D eigenvalue weighted by atomic mass is 9.90. The zero-order valence-corrected chi connectivity index (χ0v) is 14.3. The fourth-order valence-electron chi connectivity index (χ4n) is 3.07. The molecule has 0 aromatic carbocycles. The molecule has 0 bridgehead atoms. The van der Waals surface area contributed by atoms with Crippen molar-refractivity contribution in [2.24, 2.45) is 0 Å². The van der Waals surface area contributed by atoms with Crippen LogP contribution in [-0.2, 0) is 17.6 Å². The highest BCUT2D eigenvalue weighted by molar-refractivity contribution is 7.10. The quantitative estimate of drug-likeness (QED) is 0.813. The molecule has 0 N–H and O–H groups in total. The molecule has 21 heavy (non-hydrogen) atoms. The summed E-state index contributed by atoms with van der Waals surface area (Å²) in [4.78, 5) is 15.6. The van der Waals surface area contributed by atoms with Gasteiger partial charge in [-0.25, -0.2) is 4.79 Å². The molecular weight excluding hydrogens is 282 g/mol. The predicted molar refractivity (Wildman–Crippen MR) is 86.1 cm³/mol. The highest BCUT2D eigenvalue weighted by Gasteiger charge is 2.34. The maximum Gasteiger partial charge on any atom is 0.410 e. The van der Waals surface area contributed by atoms with Crippen LogP contribution in [0.4, 0.5) is 4.79 Å². The minimum Gasteiger partial charge on any atom is -0.444 e. The first-order valence-electron chi connectivity index (χ1n) is 7.90. The standard InChI is InChI=1S/C17H25NO2S/c1-17(2,3)20-16(19)18(4)12-7-8-15-13(9-12)14(10-21-15)11-5-6-11/h10-12H,5-9H2,1-4H3. The van der Waals surface area contributed by atoms with Gasteiger partial charge in [-0.2, -0.15) is 0 Å². The third-order valence-electron chi connectivity index (χ3n) is 4.40. The number of aryl methyl sites for hydroxylation is 1. The molecule has 1 saturated carbocycles. The fraction of sp³-hybridized carbons (Fsp3) is 0.706. The van der Waals surface area contributed by atoms with Crippen LogP contribution in [-0.4, -0.2) is 29.7 Å². The first kappa shape index (κ1) is 14.9. The topological polar surface area (TPSA) is 29.5 Å². The van der Waals surface area contributed by atoms with Gasteiger partial charge < -0.3 is 9.64 Å². The summed E-state index contributed by atoms with van der Waals surface area (Å²) in [6, 6.07) is 0.277. The van der Waals surface area contributed by atoms with Gasteiger partial charge >= 0.3 is 6.09 Å². The van der Waals surface area contributed by atoms with E-state index in [0.717, 1.165) is 25.2 Å². The average Bonchev–Trinajstić information content (AvgIpc) is 3.15. The number of fused-ring (bicyclic) bond motifs is 1. The molecule has 1 amide bonds. The first-order valence-corrected chi connectivity index (χ1v) is 8.78. The molecule has 1 atom stereocenters. The summed E-state index contributed by atoms with van der Waals surface area (Å²) in [6.45, 7) is 5.76. The van der Waals surface area contributed by atoms with Gasteiger partial charge in [0, 0.05) is 18.0 Å². The molecule has 1 fully saturated rings. The molecule has 3 rings (SSSR count). The van der Waals surface area contributed by atoms with Gasteiger partial charge in [0.2, 0.25) is 0 Å². The summed E-state index contributed by atoms with van der Waals surface area (Å²) in [5, 5.41) is 2.36. The number of nitrogens with zero attached hydrogens (tertiary/aromatic N) is 1. The molecule has 0 aliphatic heterocycles. The zero-order chi connectivity index (χ0) is 15.2. The third-order valence-corrected chi connectivity index (χ3v) is 5.51. The summed E-state index contributed by atoms with van der Waals surface area (Å²) in [5.74, 6) is 0.801. The van der Waals surface area contributed by atoms with E-state index in [0.29, 0.717) is 0 Å². The summed E-state index contributed by atoms with van der Waals surface area (Å²) >= 11 is 1.92. The Hall–Kier alpha value is -1.03. The van der Waals surface area contributed by atoms with Gasteiger partial charge in [-0.3, -0.25) is 0 Å². The minimum absolute atomic E-state index is 0.195. The van der Waals surface area contributed by atoms with E-state index >= 15 is 0 Å². The van der Waals surface area contributed by atoms with Crippen LogP contribution in [0, 0.1) is 0 Å². The minimum atomic E-state index is -0.424. The van der Waals surface area contributed by atoms with Crippen LogP contribution < -0.4 is 0 Å². The number of rotatable bonds is 2. The van der Waals surface area contributed by atoms with Crippen molar-refractivity contribution in [1.82, 2.24) is 4.90 Å². The van der Waals surface area contributed by atoms with Crippen LogP contribution in [0.25, 0.3) is 0 Å². The van der Waals surface area contributed by atoms with Crippen LogP contribution in [0.3, 0.4) is 0 Å². The number of hydrogen-bond acceptors (Lipinski definition) is 3. The van der Waals surface area contributed by atoms with Crippen molar-refractivity contribution in [3.63, 3.8) is 0 Å². The zero-order valence-electron chi connectivity index (χ0n) is 13.4. The van der Waals surface area contributed by atoms with E-state index in [1.165, 1.54) is 18.4 Å². The molecule has 0 spiro atoms. The van der Waals surface area contributed by atoms with Crippen LogP contribution in [0.1, 0.15) is 62.0 Å². The Morgan fingerprint density at radius 3 is 2.67 bits per heavy atom. The van der Waals surface area contributed by atoms with E-state index in [4.69, 9.17) is 4.74 Å². The molecule has 3 nitrogen and oxygen atoms in total. The normalized spacial score (nSPS) is 21.8. The van der Waals surface area contributed by atoms with Crippen molar-refractivity contribution in [3.05, 3.63) is 21.4 Å². The molecule has 2 aliphatic carbocycles. The van der Waals surface area contributed by atoms with Gasteiger partial charge in [-0.05, 0) is 75.3 Å². The largest absolute Gasteiger partial charge is 0.444 e. The Morgan fingerprint density at radius 1 is 1.33 bits per heavy atom. The fourth-order valence-corrected chi connectivity index (χ4v) is 4.25. The lowest BCUT2D eigenvalue weighted by molar-refractivity contribution is 0.0210. The van der Waals surface area contributed by atoms with Crippen molar-refractivity contribution in [1.29, 1.82) is 0 Å². The smallest absolute Gasteiger partial charge is 0.410 e. The Bertz CT molecular complexity index is 539. The lowest BCUT2D eigenvalue weighted by Crippen LogP contribution is -2.43. The second-order valence-electron chi connectivity index (χ2n) is 7.35. The van der Waals surface area contributed by atoms with Gasteiger partial charge in [-0.15, -0.1) is 11.3 Å². The maximum atomic E-state index is 12.2.